The average molecular weight is 285 g/mol. The number of hydrogen-bond donors (Lipinski definition) is 1. The van der Waals surface area contributed by atoms with E-state index < -0.39 is 0 Å². The Hall–Kier alpha value is -0.790. The van der Waals surface area contributed by atoms with Gasteiger partial charge in [0, 0.05) is 37.7 Å². The van der Waals surface area contributed by atoms with Crippen LogP contribution in [0.5, 0.6) is 0 Å². The Morgan fingerprint density at radius 2 is 1.94 bits per heavy atom. The van der Waals surface area contributed by atoms with Crippen molar-refractivity contribution in [2.45, 2.75) is 26.3 Å². The van der Waals surface area contributed by atoms with Gasteiger partial charge in [-0.05, 0) is 20.8 Å². The number of aromatic nitrogens is 2. The van der Waals surface area contributed by atoms with Gasteiger partial charge in [-0.15, -0.1) is 0 Å². The third-order valence-corrected chi connectivity index (χ3v) is 4.83. The van der Waals surface area contributed by atoms with Gasteiger partial charge >= 0.3 is 0 Å². The predicted octanol–water partition coefficient (Wildman–Crippen LogP) is 1.03. The summed E-state index contributed by atoms with van der Waals surface area (Å²) in [5.41, 5.74) is 5.60. The molecule has 1 saturated heterocycles. The molecule has 0 bridgehead atoms. The highest BCUT2D eigenvalue weighted by atomic mass is 32.1. The molecule has 5 nitrogen and oxygen atoms in total. The molecule has 0 radical (unpaired) electrons. The molecule has 0 amide bonds. The Balaban J connectivity index is 1.98. The van der Waals surface area contributed by atoms with E-state index in [2.05, 4.69) is 33.0 Å². The molecule has 0 atom stereocenters. The maximum absolute atomic E-state index is 5.81. The molecule has 2 rings (SSSR count). The zero-order valence-electron chi connectivity index (χ0n) is 11.0. The van der Waals surface area contributed by atoms with Gasteiger partial charge in [-0.1, -0.05) is 12.2 Å². The van der Waals surface area contributed by atoms with Crippen LogP contribution in [0, 0.1) is 6.92 Å². The van der Waals surface area contributed by atoms with Gasteiger partial charge < -0.3 is 10.6 Å². The number of anilines is 1. The van der Waals surface area contributed by atoms with Crippen molar-refractivity contribution in [1.82, 2.24) is 14.3 Å². The van der Waals surface area contributed by atoms with E-state index in [0.717, 1.165) is 37.1 Å². The number of nitrogens with zero attached hydrogens (tertiary/aromatic N) is 4. The molecule has 2 N–H and O–H groups in total. The van der Waals surface area contributed by atoms with Crippen molar-refractivity contribution >= 4 is 33.9 Å². The van der Waals surface area contributed by atoms with Crippen LogP contribution in [-0.4, -0.2) is 51.0 Å². The minimum Gasteiger partial charge on any atom is -0.392 e. The fourth-order valence-electron chi connectivity index (χ4n) is 2.03. The summed E-state index contributed by atoms with van der Waals surface area (Å²) in [5, 5.41) is 1.01. The molecule has 1 aromatic rings. The van der Waals surface area contributed by atoms with Gasteiger partial charge in [0.15, 0.2) is 0 Å². The van der Waals surface area contributed by atoms with Gasteiger partial charge in [0.1, 0.15) is 5.82 Å². The second-order valence-corrected chi connectivity index (χ2v) is 6.19. The molecule has 1 aromatic heterocycles. The van der Waals surface area contributed by atoms with Crippen molar-refractivity contribution in [3.8, 4) is 0 Å². The lowest BCUT2D eigenvalue weighted by Crippen LogP contribution is -2.59. The molecule has 1 aliphatic heterocycles. The van der Waals surface area contributed by atoms with Gasteiger partial charge in [0.2, 0.25) is 5.13 Å². The van der Waals surface area contributed by atoms with Crippen LogP contribution in [0.2, 0.25) is 0 Å². The van der Waals surface area contributed by atoms with Crippen molar-refractivity contribution < 1.29 is 0 Å². The van der Waals surface area contributed by atoms with E-state index in [1.807, 2.05) is 6.92 Å². The Kier molecular flexibility index (Phi) is 3.84. The van der Waals surface area contributed by atoms with Crippen LogP contribution in [0.25, 0.3) is 0 Å². The molecular weight excluding hydrogens is 266 g/mol. The maximum Gasteiger partial charge on any atom is 0.205 e. The summed E-state index contributed by atoms with van der Waals surface area (Å²) in [4.78, 5) is 9.59. The molecule has 7 heteroatoms. The molecule has 0 aliphatic carbocycles. The lowest BCUT2D eigenvalue weighted by atomic mass is 10.0. The Bertz CT molecular complexity index is 434. The quantitative estimate of drug-likeness (QED) is 0.837. The van der Waals surface area contributed by atoms with E-state index in [0.29, 0.717) is 4.99 Å². The molecule has 100 valence electrons. The van der Waals surface area contributed by atoms with Crippen LogP contribution in [0.3, 0.4) is 0 Å². The topological polar surface area (TPSA) is 58.3 Å². The SMILES string of the molecule is Cc1nsc(N2CCN(C(C)(C)C(N)=S)CC2)n1. The van der Waals surface area contributed by atoms with Crippen LogP contribution in [0.4, 0.5) is 5.13 Å². The minimum atomic E-state index is -0.210. The highest BCUT2D eigenvalue weighted by Gasteiger charge is 2.32. The summed E-state index contributed by atoms with van der Waals surface area (Å²) in [6, 6.07) is 0. The second kappa shape index (κ2) is 5.07. The van der Waals surface area contributed by atoms with E-state index >= 15 is 0 Å². The Labute approximate surface area is 117 Å². The summed E-state index contributed by atoms with van der Waals surface area (Å²) in [5.74, 6) is 0.848. The summed E-state index contributed by atoms with van der Waals surface area (Å²) < 4.78 is 4.22. The second-order valence-electron chi connectivity index (χ2n) is 5.02. The van der Waals surface area contributed by atoms with E-state index in [4.69, 9.17) is 18.0 Å². The van der Waals surface area contributed by atoms with Gasteiger partial charge in [-0.2, -0.15) is 4.37 Å². The van der Waals surface area contributed by atoms with Crippen LogP contribution in [0.15, 0.2) is 0 Å². The van der Waals surface area contributed by atoms with E-state index in [9.17, 15) is 0 Å². The first-order valence-electron chi connectivity index (χ1n) is 6.01. The van der Waals surface area contributed by atoms with Crippen molar-refractivity contribution in [3.63, 3.8) is 0 Å². The van der Waals surface area contributed by atoms with E-state index in [1.165, 1.54) is 11.5 Å². The summed E-state index contributed by atoms with van der Waals surface area (Å²) >= 11 is 6.61. The van der Waals surface area contributed by atoms with Crippen molar-refractivity contribution in [1.29, 1.82) is 0 Å². The summed E-state index contributed by atoms with van der Waals surface area (Å²) in [6.45, 7) is 9.87. The molecule has 1 fully saturated rings. The Morgan fingerprint density at radius 1 is 1.33 bits per heavy atom. The number of piperazine rings is 1. The van der Waals surface area contributed by atoms with Gasteiger partial charge in [0.25, 0.3) is 0 Å². The number of nitrogens with two attached hydrogens (primary N) is 1. The Morgan fingerprint density at radius 3 is 2.39 bits per heavy atom. The average Bonchev–Trinajstić information content (AvgIpc) is 2.76. The van der Waals surface area contributed by atoms with Crippen LogP contribution < -0.4 is 10.6 Å². The fraction of sp³-hybridized carbons (Fsp3) is 0.727. The lowest BCUT2D eigenvalue weighted by Gasteiger charge is -2.43. The van der Waals surface area contributed by atoms with Gasteiger partial charge in [0.05, 0.1) is 10.5 Å². The molecule has 0 saturated carbocycles. The molecule has 0 aromatic carbocycles. The van der Waals surface area contributed by atoms with Gasteiger partial charge in [-0.25, -0.2) is 4.98 Å². The molecular formula is C11H19N5S2. The molecule has 1 aliphatic rings. The number of thiocarbonyl (C=S) groups is 1. The highest BCUT2D eigenvalue weighted by molar-refractivity contribution is 7.80. The number of rotatable bonds is 3. The van der Waals surface area contributed by atoms with Crippen molar-refractivity contribution in [3.05, 3.63) is 5.82 Å². The number of hydrogen-bond acceptors (Lipinski definition) is 6. The largest absolute Gasteiger partial charge is 0.392 e. The zero-order chi connectivity index (χ0) is 13.3. The summed E-state index contributed by atoms with van der Waals surface area (Å²) in [6.07, 6.45) is 0. The minimum absolute atomic E-state index is 0.210. The van der Waals surface area contributed by atoms with Crippen LogP contribution >= 0.6 is 23.8 Å². The first-order valence-corrected chi connectivity index (χ1v) is 7.19. The zero-order valence-corrected chi connectivity index (χ0v) is 12.6. The fourth-order valence-corrected chi connectivity index (χ4v) is 2.88. The smallest absolute Gasteiger partial charge is 0.205 e. The first kappa shape index (κ1) is 13.6. The first-order chi connectivity index (χ1) is 8.41. The third-order valence-electron chi connectivity index (χ3n) is 3.46. The van der Waals surface area contributed by atoms with E-state index in [-0.39, 0.29) is 5.54 Å². The molecule has 18 heavy (non-hydrogen) atoms. The molecule has 0 unspecified atom stereocenters. The van der Waals surface area contributed by atoms with Gasteiger partial charge in [-0.3, -0.25) is 4.90 Å². The van der Waals surface area contributed by atoms with Crippen molar-refractivity contribution in [2.75, 3.05) is 31.1 Å². The maximum atomic E-state index is 5.81. The van der Waals surface area contributed by atoms with Crippen LogP contribution in [0.1, 0.15) is 19.7 Å². The predicted molar refractivity (Wildman–Crippen MR) is 79.3 cm³/mol. The normalized spacial score (nSPS) is 18.1. The standard InChI is InChI=1S/C11H19N5S2/c1-8-13-10(18-14-8)15-4-6-16(7-5-15)11(2,3)9(12)17/h4-7H2,1-3H3,(H2,12,17). The number of aryl methyl sites for hydroxylation is 1. The lowest BCUT2D eigenvalue weighted by molar-refractivity contribution is 0.168. The van der Waals surface area contributed by atoms with Crippen LogP contribution in [-0.2, 0) is 0 Å². The highest BCUT2D eigenvalue weighted by Crippen LogP contribution is 2.22. The molecule has 0 spiro atoms. The monoisotopic (exact) mass is 285 g/mol. The molecule has 2 heterocycles. The summed E-state index contributed by atoms with van der Waals surface area (Å²) in [7, 11) is 0. The van der Waals surface area contributed by atoms with Crippen molar-refractivity contribution in [2.24, 2.45) is 5.73 Å². The third kappa shape index (κ3) is 2.62. The van der Waals surface area contributed by atoms with E-state index in [1.54, 1.807) is 0 Å².